The van der Waals surface area contributed by atoms with E-state index < -0.39 is 0 Å². The lowest BCUT2D eigenvalue weighted by atomic mass is 10.1. The minimum absolute atomic E-state index is 0.00165. The van der Waals surface area contributed by atoms with Crippen molar-refractivity contribution in [1.82, 2.24) is 0 Å². The number of benzene rings is 4. The van der Waals surface area contributed by atoms with Crippen molar-refractivity contribution in [3.63, 3.8) is 0 Å². The molecule has 4 rings (SSSR count). The van der Waals surface area contributed by atoms with E-state index in [1.165, 1.54) is 13.2 Å². The van der Waals surface area contributed by atoms with Crippen molar-refractivity contribution in [1.29, 1.82) is 0 Å². The highest BCUT2D eigenvalue weighted by atomic mass is 16.7. The molecule has 0 amide bonds. The van der Waals surface area contributed by atoms with Gasteiger partial charge in [-0.3, -0.25) is 4.79 Å². The molecule has 0 heterocycles. The number of carbonyl (C=O) groups is 1. The molecule has 0 saturated heterocycles. The molecule has 9 heteroatoms. The Morgan fingerprint density at radius 1 is 0.595 bits per heavy atom. The first kappa shape index (κ1) is 29.8. The number of nitrogens with one attached hydrogen (secondary N) is 2. The van der Waals surface area contributed by atoms with Crippen LogP contribution in [0.2, 0.25) is 0 Å². The summed E-state index contributed by atoms with van der Waals surface area (Å²) in [5.74, 6) is 2.72. The van der Waals surface area contributed by atoms with Crippen molar-refractivity contribution in [2.75, 3.05) is 53.0 Å². The molecule has 4 aromatic rings. The van der Waals surface area contributed by atoms with E-state index in [0.717, 1.165) is 28.3 Å². The van der Waals surface area contributed by atoms with Crippen molar-refractivity contribution in [2.24, 2.45) is 0 Å². The van der Waals surface area contributed by atoms with E-state index in [1.807, 2.05) is 66.7 Å². The highest BCUT2D eigenvalue weighted by molar-refractivity contribution is 6.09. The molecule has 218 valence electrons. The van der Waals surface area contributed by atoms with Crippen molar-refractivity contribution in [3.8, 4) is 28.7 Å². The van der Waals surface area contributed by atoms with Crippen LogP contribution in [0.3, 0.4) is 0 Å². The Morgan fingerprint density at radius 2 is 1.07 bits per heavy atom. The first-order valence-corrected chi connectivity index (χ1v) is 13.0. The minimum Gasteiger partial charge on any atom is -0.493 e. The molecule has 0 aliphatic heterocycles. The van der Waals surface area contributed by atoms with Crippen LogP contribution >= 0.6 is 0 Å². The van der Waals surface area contributed by atoms with Crippen molar-refractivity contribution >= 4 is 34.6 Å². The molecule has 0 atom stereocenters. The SMILES string of the molecule is COCOc1cc(Nc2ccc(OC)c(OC)c2)ccc1C(=O)/C=C/c1ccc(Nc2ccc(OC)c(OC)c2)cc1. The van der Waals surface area contributed by atoms with Crippen LogP contribution in [0.5, 0.6) is 28.7 Å². The van der Waals surface area contributed by atoms with Gasteiger partial charge in [0.2, 0.25) is 0 Å². The molecule has 42 heavy (non-hydrogen) atoms. The molecular formula is C33H34N2O7. The lowest BCUT2D eigenvalue weighted by Gasteiger charge is -2.14. The number of ketones is 1. The zero-order chi connectivity index (χ0) is 29.9. The normalized spacial score (nSPS) is 10.7. The van der Waals surface area contributed by atoms with Gasteiger partial charge in [0.05, 0.1) is 34.0 Å². The summed E-state index contributed by atoms with van der Waals surface area (Å²) in [6.45, 7) is -0.00165. The average Bonchev–Trinajstić information content (AvgIpc) is 3.03. The van der Waals surface area contributed by atoms with Gasteiger partial charge in [-0.25, -0.2) is 0 Å². The average molecular weight is 571 g/mol. The third kappa shape index (κ3) is 7.52. The minimum atomic E-state index is -0.203. The molecular weight excluding hydrogens is 536 g/mol. The number of allylic oxidation sites excluding steroid dienone is 1. The van der Waals surface area contributed by atoms with Crippen LogP contribution in [0.1, 0.15) is 15.9 Å². The standard InChI is InChI=1S/C33H34N2O7/c1-37-21-42-31-18-24(35-26-13-17-30(39-3)33(20-26)41-5)11-14-27(31)28(36)15-8-22-6-9-23(10-7-22)34-25-12-16-29(38-2)32(19-25)40-4/h6-20,34-35H,21H2,1-5H3/b15-8+. The number of rotatable bonds is 14. The van der Waals surface area contributed by atoms with Gasteiger partial charge in [0.1, 0.15) is 5.75 Å². The largest absolute Gasteiger partial charge is 0.493 e. The zero-order valence-corrected chi connectivity index (χ0v) is 24.2. The quantitative estimate of drug-likeness (QED) is 0.0936. The molecule has 0 bridgehead atoms. The molecule has 9 nitrogen and oxygen atoms in total. The number of carbonyl (C=O) groups excluding carboxylic acids is 1. The maximum atomic E-state index is 13.2. The Hall–Kier alpha value is -5.15. The van der Waals surface area contributed by atoms with Crippen LogP contribution in [-0.2, 0) is 4.74 Å². The molecule has 0 spiro atoms. The van der Waals surface area contributed by atoms with E-state index in [4.69, 9.17) is 28.4 Å². The third-order valence-electron chi connectivity index (χ3n) is 6.26. The van der Waals surface area contributed by atoms with Crippen molar-refractivity contribution in [2.45, 2.75) is 0 Å². The van der Waals surface area contributed by atoms with Crippen LogP contribution < -0.4 is 34.3 Å². The van der Waals surface area contributed by atoms with Gasteiger partial charge in [0, 0.05) is 48.1 Å². The highest BCUT2D eigenvalue weighted by Crippen LogP contribution is 2.33. The molecule has 0 saturated carbocycles. The summed E-state index contributed by atoms with van der Waals surface area (Å²) >= 11 is 0. The van der Waals surface area contributed by atoms with Crippen LogP contribution in [0.4, 0.5) is 22.7 Å². The predicted molar refractivity (Wildman–Crippen MR) is 164 cm³/mol. The summed E-state index contributed by atoms with van der Waals surface area (Å²) < 4.78 is 32.2. The molecule has 2 N–H and O–H groups in total. The van der Waals surface area contributed by atoms with Gasteiger partial charge >= 0.3 is 0 Å². The Kier molecular flexibility index (Phi) is 10.3. The van der Waals surface area contributed by atoms with Crippen LogP contribution in [0.15, 0.2) is 84.9 Å². The smallest absolute Gasteiger partial charge is 0.189 e. The predicted octanol–water partition coefficient (Wildman–Crippen LogP) is 7.09. The fourth-order valence-corrected chi connectivity index (χ4v) is 4.15. The monoisotopic (exact) mass is 570 g/mol. The Labute approximate surface area is 245 Å². The van der Waals surface area contributed by atoms with Gasteiger partial charge in [0.15, 0.2) is 35.6 Å². The summed E-state index contributed by atoms with van der Waals surface area (Å²) in [6.07, 6.45) is 3.28. The van der Waals surface area contributed by atoms with Gasteiger partial charge in [0.25, 0.3) is 0 Å². The summed E-state index contributed by atoms with van der Waals surface area (Å²) in [7, 11) is 7.89. The fraction of sp³-hybridized carbons (Fsp3) is 0.182. The van der Waals surface area contributed by atoms with Gasteiger partial charge in [-0.1, -0.05) is 18.2 Å². The van der Waals surface area contributed by atoms with Gasteiger partial charge in [-0.15, -0.1) is 0 Å². The molecule has 0 aromatic heterocycles. The summed E-state index contributed by atoms with van der Waals surface area (Å²) in [5.41, 5.74) is 4.54. The molecule has 4 aromatic carbocycles. The number of hydrogen-bond donors (Lipinski definition) is 2. The van der Waals surface area contributed by atoms with E-state index in [1.54, 1.807) is 46.6 Å². The van der Waals surface area contributed by atoms with E-state index in [9.17, 15) is 4.79 Å². The molecule has 0 radical (unpaired) electrons. The molecule has 0 unspecified atom stereocenters. The Bertz CT molecular complexity index is 1530. The summed E-state index contributed by atoms with van der Waals surface area (Å²) in [5, 5.41) is 6.64. The maximum Gasteiger partial charge on any atom is 0.189 e. The van der Waals surface area contributed by atoms with Crippen LogP contribution in [-0.4, -0.2) is 48.1 Å². The number of ether oxygens (including phenoxy) is 6. The summed E-state index contributed by atoms with van der Waals surface area (Å²) in [4.78, 5) is 13.2. The first-order valence-electron chi connectivity index (χ1n) is 13.0. The Morgan fingerprint density at radius 3 is 1.60 bits per heavy atom. The van der Waals surface area contributed by atoms with Gasteiger partial charge in [-0.2, -0.15) is 0 Å². The third-order valence-corrected chi connectivity index (χ3v) is 6.26. The fourth-order valence-electron chi connectivity index (χ4n) is 4.15. The van der Waals surface area contributed by atoms with E-state index >= 15 is 0 Å². The second kappa shape index (κ2) is 14.5. The second-order valence-electron chi connectivity index (χ2n) is 8.97. The van der Waals surface area contributed by atoms with E-state index in [-0.39, 0.29) is 12.6 Å². The number of hydrogen-bond acceptors (Lipinski definition) is 9. The lowest BCUT2D eigenvalue weighted by molar-refractivity contribution is 0.0504. The van der Waals surface area contributed by atoms with Crippen molar-refractivity contribution in [3.05, 3.63) is 96.1 Å². The van der Waals surface area contributed by atoms with E-state index in [2.05, 4.69) is 10.6 Å². The van der Waals surface area contributed by atoms with Crippen molar-refractivity contribution < 1.29 is 33.2 Å². The Balaban J connectivity index is 1.46. The molecule has 0 aliphatic carbocycles. The van der Waals surface area contributed by atoms with E-state index in [0.29, 0.717) is 34.3 Å². The van der Waals surface area contributed by atoms with Gasteiger partial charge < -0.3 is 39.1 Å². The number of anilines is 4. The highest BCUT2D eigenvalue weighted by Gasteiger charge is 2.13. The van der Waals surface area contributed by atoms with Crippen LogP contribution in [0.25, 0.3) is 6.08 Å². The van der Waals surface area contributed by atoms with Crippen LogP contribution in [0, 0.1) is 0 Å². The molecule has 0 fully saturated rings. The number of methoxy groups -OCH3 is 5. The topological polar surface area (TPSA) is 96.5 Å². The summed E-state index contributed by atoms with van der Waals surface area (Å²) in [6, 6.07) is 24.1. The van der Waals surface area contributed by atoms with Gasteiger partial charge in [-0.05, 0) is 60.2 Å². The lowest BCUT2D eigenvalue weighted by Crippen LogP contribution is -2.05. The molecule has 0 aliphatic rings. The zero-order valence-electron chi connectivity index (χ0n) is 24.2. The maximum absolute atomic E-state index is 13.2. The second-order valence-corrected chi connectivity index (χ2v) is 8.97. The first-order chi connectivity index (χ1) is 20.5.